The number of carbonyl (C=O) groups excluding carboxylic acids is 1. The second-order valence-corrected chi connectivity index (χ2v) is 15.1. The Labute approximate surface area is 298 Å². The van der Waals surface area contributed by atoms with Crippen LogP contribution < -0.4 is 5.32 Å². The van der Waals surface area contributed by atoms with Crippen molar-refractivity contribution in [2.45, 2.75) is 84.4 Å². The largest absolute Gasteiger partial charge is 0.480 e. The molecule has 1 saturated heterocycles. The summed E-state index contributed by atoms with van der Waals surface area (Å²) in [6.07, 6.45) is 3.29. The number of rotatable bonds is 17. The minimum Gasteiger partial charge on any atom is -0.480 e. The van der Waals surface area contributed by atoms with Gasteiger partial charge in [0.1, 0.15) is 15.9 Å². The highest BCUT2D eigenvalue weighted by Gasteiger charge is 2.33. The van der Waals surface area contributed by atoms with E-state index >= 15 is 0 Å². The number of sulfone groups is 1. The number of ether oxygens (including phenoxy) is 3. The van der Waals surface area contributed by atoms with E-state index in [-0.39, 0.29) is 24.3 Å². The fourth-order valence-electron chi connectivity index (χ4n) is 5.85. The summed E-state index contributed by atoms with van der Waals surface area (Å²) < 4.78 is 40.2. The topological polar surface area (TPSA) is 131 Å². The standard InChI is InChI=1S/C33H40N2O7S.C6H14O/c1-23-9-7-8-12-28(23)30-17-25(13-14-29(30)32(36)34-31(33(37)38)15-16-43(3,39)40)19-35-20-27(18-26(35)22-41-2)42-21-24-10-5-4-6-11-24;1-4-6(3)7-5-2/h4-14,17,26-27,31H,15-16,18-22H2,1-3H3,(H,34,36)(H,37,38);6H,4-5H2,1-3H3/t26-,27-,31?;/m0./s1. The smallest absolute Gasteiger partial charge is 0.326 e. The molecule has 4 atom stereocenters. The maximum Gasteiger partial charge on any atom is 0.326 e. The van der Waals surface area contributed by atoms with Crippen LogP contribution in [0, 0.1) is 6.92 Å². The molecular weight excluding hydrogens is 657 g/mol. The number of carbonyl (C=O) groups is 2. The number of aryl methyl sites for hydroxylation is 1. The normalized spacial score (nSPS) is 17.4. The van der Waals surface area contributed by atoms with Crippen LogP contribution in [0.15, 0.2) is 72.8 Å². The van der Waals surface area contributed by atoms with Crippen molar-refractivity contribution in [3.05, 3.63) is 95.1 Å². The van der Waals surface area contributed by atoms with Gasteiger partial charge in [-0.3, -0.25) is 9.69 Å². The fourth-order valence-corrected chi connectivity index (χ4v) is 6.52. The van der Waals surface area contributed by atoms with Crippen molar-refractivity contribution < 1.29 is 37.3 Å². The molecule has 0 saturated carbocycles. The monoisotopic (exact) mass is 710 g/mol. The van der Waals surface area contributed by atoms with Crippen LogP contribution in [0.5, 0.6) is 0 Å². The van der Waals surface area contributed by atoms with Gasteiger partial charge in [0, 0.05) is 44.7 Å². The number of hydrogen-bond acceptors (Lipinski definition) is 8. The molecule has 0 bridgehead atoms. The van der Waals surface area contributed by atoms with Crippen LogP contribution >= 0.6 is 0 Å². The summed E-state index contributed by atoms with van der Waals surface area (Å²) in [4.78, 5) is 27.6. The molecule has 1 amide bonds. The molecule has 10 nitrogen and oxygen atoms in total. The molecule has 3 aromatic carbocycles. The van der Waals surface area contributed by atoms with E-state index < -0.39 is 27.8 Å². The van der Waals surface area contributed by atoms with Gasteiger partial charge in [-0.25, -0.2) is 13.2 Å². The van der Waals surface area contributed by atoms with E-state index in [4.69, 9.17) is 14.2 Å². The first kappa shape index (κ1) is 40.8. The van der Waals surface area contributed by atoms with Crippen molar-refractivity contribution in [3.8, 4) is 11.1 Å². The first-order valence-electron chi connectivity index (χ1n) is 17.3. The van der Waals surface area contributed by atoms with Gasteiger partial charge < -0.3 is 24.6 Å². The number of aliphatic carboxylic acids is 1. The first-order chi connectivity index (χ1) is 23.8. The van der Waals surface area contributed by atoms with Crippen LogP contribution in [0.3, 0.4) is 0 Å². The van der Waals surface area contributed by atoms with Crippen LogP contribution in [-0.4, -0.2) is 93.5 Å². The lowest BCUT2D eigenvalue weighted by Gasteiger charge is -2.24. The Morgan fingerprint density at radius 2 is 1.70 bits per heavy atom. The van der Waals surface area contributed by atoms with Crippen LogP contribution in [0.1, 0.15) is 67.1 Å². The zero-order valence-corrected chi connectivity index (χ0v) is 31.1. The van der Waals surface area contributed by atoms with Crippen molar-refractivity contribution >= 4 is 21.7 Å². The Morgan fingerprint density at radius 1 is 1.00 bits per heavy atom. The van der Waals surface area contributed by atoms with Crippen molar-refractivity contribution in [1.82, 2.24) is 10.2 Å². The molecule has 0 spiro atoms. The van der Waals surface area contributed by atoms with E-state index in [9.17, 15) is 23.1 Å². The quantitative estimate of drug-likeness (QED) is 0.176. The number of likely N-dealkylation sites (tertiary alicyclic amines) is 1. The van der Waals surface area contributed by atoms with Crippen LogP contribution in [0.4, 0.5) is 0 Å². The van der Waals surface area contributed by atoms with Gasteiger partial charge in [0.2, 0.25) is 0 Å². The Balaban J connectivity index is 0.000000872. The minimum atomic E-state index is -3.40. The van der Waals surface area contributed by atoms with E-state index in [1.165, 1.54) is 0 Å². The third-order valence-electron chi connectivity index (χ3n) is 8.73. The molecule has 3 aromatic rings. The second kappa shape index (κ2) is 20.3. The van der Waals surface area contributed by atoms with Crippen molar-refractivity contribution in [2.24, 2.45) is 0 Å². The summed E-state index contributed by atoms with van der Waals surface area (Å²) in [7, 11) is -1.70. The summed E-state index contributed by atoms with van der Waals surface area (Å²) in [6.45, 7) is 11.5. The number of carboxylic acid groups (broad SMARTS) is 1. The van der Waals surface area contributed by atoms with E-state index in [2.05, 4.69) is 36.2 Å². The third-order valence-corrected chi connectivity index (χ3v) is 9.71. The Kier molecular flexibility index (Phi) is 16.6. The zero-order chi connectivity index (χ0) is 36.7. The van der Waals surface area contributed by atoms with Crippen molar-refractivity contribution in [3.63, 3.8) is 0 Å². The number of benzene rings is 3. The lowest BCUT2D eigenvalue weighted by Crippen LogP contribution is -2.42. The van der Waals surface area contributed by atoms with E-state index in [0.29, 0.717) is 37.0 Å². The molecule has 4 rings (SSSR count). The third kappa shape index (κ3) is 13.3. The number of methoxy groups -OCH3 is 1. The van der Waals surface area contributed by atoms with Crippen molar-refractivity contribution in [2.75, 3.05) is 38.9 Å². The second-order valence-electron chi connectivity index (χ2n) is 12.8. The maximum atomic E-state index is 13.4. The average molecular weight is 711 g/mol. The molecule has 0 aliphatic carbocycles. The number of hydrogen-bond donors (Lipinski definition) is 2. The van der Waals surface area contributed by atoms with Gasteiger partial charge in [0.15, 0.2) is 0 Å². The highest BCUT2D eigenvalue weighted by molar-refractivity contribution is 7.90. The highest BCUT2D eigenvalue weighted by Crippen LogP contribution is 2.30. The van der Waals surface area contributed by atoms with E-state index in [1.54, 1.807) is 13.2 Å². The molecule has 2 unspecified atom stereocenters. The Morgan fingerprint density at radius 3 is 2.30 bits per heavy atom. The van der Waals surface area contributed by atoms with Gasteiger partial charge in [-0.15, -0.1) is 0 Å². The molecule has 50 heavy (non-hydrogen) atoms. The van der Waals surface area contributed by atoms with Crippen LogP contribution in [-0.2, 0) is 42.0 Å². The summed E-state index contributed by atoms with van der Waals surface area (Å²) >= 11 is 0. The number of nitrogens with one attached hydrogen (secondary N) is 1. The summed E-state index contributed by atoms with van der Waals surface area (Å²) in [5, 5.41) is 12.2. The summed E-state index contributed by atoms with van der Waals surface area (Å²) in [5.41, 5.74) is 4.95. The molecule has 1 aliphatic rings. The predicted octanol–water partition coefficient (Wildman–Crippen LogP) is 5.91. The first-order valence-corrected chi connectivity index (χ1v) is 19.3. The molecule has 2 N–H and O–H groups in total. The Bertz CT molecular complexity index is 1620. The van der Waals surface area contributed by atoms with Crippen molar-refractivity contribution in [1.29, 1.82) is 0 Å². The zero-order valence-electron chi connectivity index (χ0n) is 30.3. The predicted molar refractivity (Wildman–Crippen MR) is 197 cm³/mol. The van der Waals surface area contributed by atoms with Crippen LogP contribution in [0.2, 0.25) is 0 Å². The molecule has 11 heteroatoms. The number of carboxylic acids is 1. The molecule has 1 aliphatic heterocycles. The van der Waals surface area contributed by atoms with Gasteiger partial charge in [-0.05, 0) is 80.0 Å². The number of nitrogens with zero attached hydrogens (tertiary/aromatic N) is 1. The van der Waals surface area contributed by atoms with Gasteiger partial charge in [-0.1, -0.05) is 67.6 Å². The minimum absolute atomic E-state index is 0.0566. The molecule has 0 radical (unpaired) electrons. The van der Waals surface area contributed by atoms with E-state index in [0.717, 1.165) is 54.5 Å². The van der Waals surface area contributed by atoms with Crippen LogP contribution in [0.25, 0.3) is 11.1 Å². The van der Waals surface area contributed by atoms with E-state index in [1.807, 2.05) is 68.4 Å². The average Bonchev–Trinajstić information content (AvgIpc) is 3.46. The SMILES string of the molecule is CCOC(C)CC.COC[C@@H]1C[C@H](OCc2ccccc2)CN1Cc1ccc(C(=O)NC(CCS(C)(=O)=O)C(=O)O)c(-c2ccccc2C)c1. The molecule has 0 aromatic heterocycles. The van der Waals surface area contributed by atoms with Gasteiger partial charge >= 0.3 is 5.97 Å². The highest BCUT2D eigenvalue weighted by atomic mass is 32.2. The molecule has 1 heterocycles. The molecule has 274 valence electrons. The van der Waals surface area contributed by atoms with Gasteiger partial charge in [0.05, 0.1) is 31.2 Å². The molecular formula is C39H54N2O8S. The molecule has 1 fully saturated rings. The lowest BCUT2D eigenvalue weighted by molar-refractivity contribution is -0.139. The maximum absolute atomic E-state index is 13.4. The summed E-state index contributed by atoms with van der Waals surface area (Å²) in [6, 6.07) is 22.2. The fraction of sp³-hybridized carbons (Fsp3) is 0.487. The summed E-state index contributed by atoms with van der Waals surface area (Å²) in [5.74, 6) is -2.20. The van der Waals surface area contributed by atoms with Gasteiger partial charge in [0.25, 0.3) is 5.91 Å². The Hall–Kier alpha value is -3.61. The number of amides is 1. The van der Waals surface area contributed by atoms with Gasteiger partial charge in [-0.2, -0.15) is 0 Å². The lowest BCUT2D eigenvalue weighted by atomic mass is 9.93.